The molecular formula is C20H33Cl2N3O. The molecule has 0 spiro atoms. The molecule has 1 aliphatic heterocycles. The van der Waals surface area contributed by atoms with Crippen LogP contribution in [0.4, 0.5) is 0 Å². The van der Waals surface area contributed by atoms with Gasteiger partial charge in [-0.05, 0) is 56.7 Å². The van der Waals surface area contributed by atoms with Crippen LogP contribution in [0.1, 0.15) is 44.2 Å². The third-order valence-electron chi connectivity index (χ3n) is 5.98. The molecule has 1 amide bonds. The van der Waals surface area contributed by atoms with E-state index in [2.05, 4.69) is 48.3 Å². The van der Waals surface area contributed by atoms with Gasteiger partial charge in [0, 0.05) is 31.1 Å². The molecule has 3 rings (SSSR count). The highest BCUT2D eigenvalue weighted by Crippen LogP contribution is 2.31. The van der Waals surface area contributed by atoms with E-state index in [1.807, 2.05) is 0 Å². The maximum Gasteiger partial charge on any atom is 0.223 e. The highest BCUT2D eigenvalue weighted by molar-refractivity contribution is 5.85. The minimum absolute atomic E-state index is 0. The molecule has 4 nitrogen and oxygen atoms in total. The molecule has 6 heteroatoms. The predicted molar refractivity (Wildman–Crippen MR) is 112 cm³/mol. The van der Waals surface area contributed by atoms with Gasteiger partial charge in [-0.1, -0.05) is 30.7 Å². The predicted octanol–water partition coefficient (Wildman–Crippen LogP) is 3.16. The van der Waals surface area contributed by atoms with Crippen LogP contribution >= 0.6 is 24.8 Å². The van der Waals surface area contributed by atoms with Crippen molar-refractivity contribution in [2.24, 2.45) is 17.6 Å². The third-order valence-corrected chi connectivity index (χ3v) is 5.98. The van der Waals surface area contributed by atoms with Gasteiger partial charge in [-0.2, -0.15) is 0 Å². The van der Waals surface area contributed by atoms with Gasteiger partial charge < -0.3 is 11.1 Å². The fourth-order valence-electron chi connectivity index (χ4n) is 4.22. The smallest absolute Gasteiger partial charge is 0.223 e. The number of hydrogen-bond acceptors (Lipinski definition) is 3. The molecule has 1 fully saturated rings. The Balaban J connectivity index is 0.00000169. The number of carbonyl (C=O) groups is 1. The zero-order valence-electron chi connectivity index (χ0n) is 15.9. The number of carbonyl (C=O) groups excluding carboxylic acids is 1. The fraction of sp³-hybridized carbons (Fsp3) is 0.650. The molecule has 148 valence electrons. The average molecular weight is 402 g/mol. The summed E-state index contributed by atoms with van der Waals surface area (Å²) >= 11 is 0. The van der Waals surface area contributed by atoms with Gasteiger partial charge in [0.15, 0.2) is 0 Å². The van der Waals surface area contributed by atoms with Gasteiger partial charge in [0.25, 0.3) is 0 Å². The number of nitrogens with one attached hydrogen (secondary N) is 1. The summed E-state index contributed by atoms with van der Waals surface area (Å²) in [5, 5.41) is 3.21. The lowest BCUT2D eigenvalue weighted by molar-refractivity contribution is -0.126. The van der Waals surface area contributed by atoms with E-state index < -0.39 is 0 Å². The van der Waals surface area contributed by atoms with E-state index in [4.69, 9.17) is 5.73 Å². The van der Waals surface area contributed by atoms with Gasteiger partial charge in [0.05, 0.1) is 0 Å². The first-order valence-electron chi connectivity index (χ1n) is 9.31. The summed E-state index contributed by atoms with van der Waals surface area (Å²) in [6.45, 7) is 7.81. The van der Waals surface area contributed by atoms with Crippen LogP contribution in [0.3, 0.4) is 0 Å². The molecule has 1 aliphatic carbocycles. The van der Waals surface area contributed by atoms with E-state index in [0.29, 0.717) is 19.0 Å². The summed E-state index contributed by atoms with van der Waals surface area (Å²) in [5.74, 6) is 0.691. The zero-order valence-corrected chi connectivity index (χ0v) is 17.5. The van der Waals surface area contributed by atoms with E-state index in [0.717, 1.165) is 38.8 Å². The third kappa shape index (κ3) is 5.13. The second kappa shape index (κ2) is 9.93. The fourth-order valence-corrected chi connectivity index (χ4v) is 4.22. The second-order valence-electron chi connectivity index (χ2n) is 8.00. The quantitative estimate of drug-likeness (QED) is 0.796. The Kier molecular flexibility index (Phi) is 8.87. The topological polar surface area (TPSA) is 58.4 Å². The van der Waals surface area contributed by atoms with Crippen molar-refractivity contribution in [1.82, 2.24) is 10.2 Å². The summed E-state index contributed by atoms with van der Waals surface area (Å²) in [6, 6.07) is 8.69. The van der Waals surface area contributed by atoms with Crippen LogP contribution in [0.25, 0.3) is 0 Å². The van der Waals surface area contributed by atoms with Gasteiger partial charge in [-0.3, -0.25) is 9.69 Å². The number of nitrogens with two attached hydrogens (primary N) is 1. The number of nitrogens with zero attached hydrogens (tertiary/aromatic N) is 1. The Morgan fingerprint density at radius 1 is 1.23 bits per heavy atom. The summed E-state index contributed by atoms with van der Waals surface area (Å²) in [6.07, 6.45) is 4.31. The Hall–Kier alpha value is -0.810. The van der Waals surface area contributed by atoms with Gasteiger partial charge >= 0.3 is 0 Å². The Bertz CT molecular complexity index is 594. The van der Waals surface area contributed by atoms with Crippen molar-refractivity contribution in [1.29, 1.82) is 0 Å². The summed E-state index contributed by atoms with van der Waals surface area (Å²) in [4.78, 5) is 15.0. The number of rotatable bonds is 5. The van der Waals surface area contributed by atoms with Gasteiger partial charge in [0.2, 0.25) is 5.91 Å². The van der Waals surface area contributed by atoms with Crippen molar-refractivity contribution in [3.63, 3.8) is 0 Å². The summed E-state index contributed by atoms with van der Waals surface area (Å²) in [5.41, 5.74) is 8.66. The Morgan fingerprint density at radius 3 is 2.62 bits per heavy atom. The number of fused-ring (bicyclic) bond motifs is 1. The van der Waals surface area contributed by atoms with Crippen LogP contribution in [0.2, 0.25) is 0 Å². The second-order valence-corrected chi connectivity index (χ2v) is 8.00. The molecule has 2 aliphatic rings. The maximum absolute atomic E-state index is 12.6. The van der Waals surface area contributed by atoms with E-state index >= 15 is 0 Å². The number of benzene rings is 1. The van der Waals surface area contributed by atoms with Crippen LogP contribution in [0, 0.1) is 11.8 Å². The van der Waals surface area contributed by atoms with Gasteiger partial charge in [-0.15, -0.1) is 24.8 Å². The van der Waals surface area contributed by atoms with Crippen molar-refractivity contribution in [3.8, 4) is 0 Å². The lowest BCUT2D eigenvalue weighted by atomic mass is 9.92. The molecule has 1 saturated carbocycles. The lowest BCUT2D eigenvalue weighted by Gasteiger charge is -2.42. The number of amides is 1. The van der Waals surface area contributed by atoms with Crippen LogP contribution in [-0.4, -0.2) is 36.0 Å². The molecule has 1 aromatic carbocycles. The monoisotopic (exact) mass is 401 g/mol. The largest absolute Gasteiger partial charge is 0.354 e. The van der Waals surface area contributed by atoms with E-state index in [-0.39, 0.29) is 42.2 Å². The number of hydrogen-bond donors (Lipinski definition) is 2. The Labute approximate surface area is 170 Å². The molecule has 3 N–H and O–H groups in total. The standard InChI is InChI=1S/C20H31N3O.2ClH/c1-20(2,14-22-19(24)18-9-5-8-16(18)12-21)23-11-10-15-6-3-4-7-17(15)13-23;;/h3-4,6-7,16,18H,5,8-14,21H2,1-2H3,(H,22,24);2*1H/t16-,18-;;/m1../s1. The highest BCUT2D eigenvalue weighted by Gasteiger charge is 2.34. The highest BCUT2D eigenvalue weighted by atomic mass is 35.5. The molecule has 0 saturated heterocycles. The zero-order chi connectivity index (χ0) is 17.2. The number of halogens is 2. The van der Waals surface area contributed by atoms with Gasteiger partial charge in [0.1, 0.15) is 0 Å². The minimum atomic E-state index is -0.0417. The molecule has 0 radical (unpaired) electrons. The molecule has 0 aromatic heterocycles. The SMILES string of the molecule is CC(C)(CNC(=O)[C@@H]1CCC[C@@H]1CN)N1CCc2ccccc2C1.Cl.Cl. The molecule has 2 atom stereocenters. The van der Waals surface area contributed by atoms with E-state index in [1.165, 1.54) is 11.1 Å². The van der Waals surface area contributed by atoms with Gasteiger partial charge in [-0.25, -0.2) is 0 Å². The lowest BCUT2D eigenvalue weighted by Crippen LogP contribution is -2.54. The first-order chi connectivity index (χ1) is 11.5. The summed E-state index contributed by atoms with van der Waals surface area (Å²) in [7, 11) is 0. The van der Waals surface area contributed by atoms with Crippen LogP contribution < -0.4 is 11.1 Å². The molecule has 26 heavy (non-hydrogen) atoms. The van der Waals surface area contributed by atoms with E-state index in [1.54, 1.807) is 0 Å². The molecule has 1 heterocycles. The first kappa shape index (κ1) is 23.2. The van der Waals surface area contributed by atoms with E-state index in [9.17, 15) is 4.79 Å². The van der Waals surface area contributed by atoms with Crippen LogP contribution in [-0.2, 0) is 17.8 Å². The van der Waals surface area contributed by atoms with Crippen molar-refractivity contribution < 1.29 is 4.79 Å². The Morgan fingerprint density at radius 2 is 1.92 bits per heavy atom. The van der Waals surface area contributed by atoms with Crippen LogP contribution in [0.5, 0.6) is 0 Å². The minimum Gasteiger partial charge on any atom is -0.354 e. The van der Waals surface area contributed by atoms with Crippen molar-refractivity contribution in [3.05, 3.63) is 35.4 Å². The molecular weight excluding hydrogens is 369 g/mol. The maximum atomic E-state index is 12.6. The molecule has 0 bridgehead atoms. The normalized spacial score (nSPS) is 22.7. The van der Waals surface area contributed by atoms with Crippen molar-refractivity contribution >= 4 is 30.7 Å². The molecule has 0 unspecified atom stereocenters. The van der Waals surface area contributed by atoms with Crippen LogP contribution in [0.15, 0.2) is 24.3 Å². The van der Waals surface area contributed by atoms with Crippen molar-refractivity contribution in [2.75, 3.05) is 19.6 Å². The first-order valence-corrected chi connectivity index (χ1v) is 9.31. The average Bonchev–Trinajstić information content (AvgIpc) is 3.08. The molecule has 1 aromatic rings. The summed E-state index contributed by atoms with van der Waals surface area (Å²) < 4.78 is 0. The van der Waals surface area contributed by atoms with Crippen molar-refractivity contribution in [2.45, 2.75) is 51.6 Å².